The zero-order valence-electron chi connectivity index (χ0n) is 47.3. The fourth-order valence-electron chi connectivity index (χ4n) is 7.59. The molecule has 0 heterocycles. The summed E-state index contributed by atoms with van der Waals surface area (Å²) >= 11 is 0. The molecular formula is C63H108NO8P. The number of unbranched alkanes of at least 4 members (excludes halogenated alkanes) is 20. The Labute approximate surface area is 448 Å². The topological polar surface area (TPSA) is 111 Å². The second-order valence-electron chi connectivity index (χ2n) is 20.3. The lowest BCUT2D eigenvalue weighted by Gasteiger charge is -2.28. The van der Waals surface area contributed by atoms with Crippen LogP contribution in [0.2, 0.25) is 0 Å². The molecule has 0 aromatic carbocycles. The molecule has 0 fully saturated rings. The Morgan fingerprint density at radius 1 is 0.438 bits per heavy atom. The highest BCUT2D eigenvalue weighted by Crippen LogP contribution is 2.38. The maximum absolute atomic E-state index is 12.8. The molecule has 0 aromatic heterocycles. The lowest BCUT2D eigenvalue weighted by Crippen LogP contribution is -2.37. The van der Waals surface area contributed by atoms with E-state index in [1.165, 1.54) is 83.5 Å². The minimum atomic E-state index is -4.65. The van der Waals surface area contributed by atoms with E-state index in [-0.39, 0.29) is 26.1 Å². The summed E-state index contributed by atoms with van der Waals surface area (Å²) in [7, 11) is 1.14. The summed E-state index contributed by atoms with van der Waals surface area (Å²) in [5.74, 6) is -0.857. The lowest BCUT2D eigenvalue weighted by molar-refractivity contribution is -0.870. The van der Waals surface area contributed by atoms with Gasteiger partial charge in [-0.05, 0) is 83.5 Å². The van der Waals surface area contributed by atoms with Crippen LogP contribution in [0.4, 0.5) is 0 Å². The summed E-state index contributed by atoms with van der Waals surface area (Å²) in [6.45, 7) is 4.10. The van der Waals surface area contributed by atoms with Crippen LogP contribution in [0.25, 0.3) is 0 Å². The van der Waals surface area contributed by atoms with Crippen LogP contribution in [0, 0.1) is 0 Å². The first-order valence-electron chi connectivity index (χ1n) is 29.1. The van der Waals surface area contributed by atoms with Crippen LogP contribution in [0.5, 0.6) is 0 Å². The van der Waals surface area contributed by atoms with Gasteiger partial charge in [-0.3, -0.25) is 14.2 Å². The van der Waals surface area contributed by atoms with E-state index >= 15 is 0 Å². The van der Waals surface area contributed by atoms with Gasteiger partial charge >= 0.3 is 11.9 Å². The van der Waals surface area contributed by atoms with E-state index in [2.05, 4.69) is 123 Å². The highest BCUT2D eigenvalue weighted by molar-refractivity contribution is 7.45. The number of hydrogen-bond acceptors (Lipinski definition) is 8. The first-order valence-corrected chi connectivity index (χ1v) is 30.6. The third kappa shape index (κ3) is 57.8. The predicted octanol–water partition coefficient (Wildman–Crippen LogP) is 17.6. The van der Waals surface area contributed by atoms with Crippen LogP contribution in [0.1, 0.15) is 226 Å². The van der Waals surface area contributed by atoms with E-state index in [0.29, 0.717) is 17.4 Å². The minimum Gasteiger partial charge on any atom is -0.756 e. The third-order valence-electron chi connectivity index (χ3n) is 12.1. The van der Waals surface area contributed by atoms with Gasteiger partial charge in [-0.15, -0.1) is 0 Å². The maximum Gasteiger partial charge on any atom is 0.306 e. The number of esters is 2. The number of quaternary nitrogens is 1. The molecule has 0 saturated heterocycles. The van der Waals surface area contributed by atoms with Gasteiger partial charge in [-0.2, -0.15) is 0 Å². The van der Waals surface area contributed by atoms with E-state index in [1.807, 2.05) is 21.1 Å². The van der Waals surface area contributed by atoms with Crippen molar-refractivity contribution in [3.8, 4) is 0 Å². The van der Waals surface area contributed by atoms with Crippen molar-refractivity contribution in [1.29, 1.82) is 0 Å². The summed E-state index contributed by atoms with van der Waals surface area (Å²) in [6, 6.07) is 0. The van der Waals surface area contributed by atoms with E-state index in [9.17, 15) is 19.0 Å². The summed E-state index contributed by atoms with van der Waals surface area (Å²) in [5, 5.41) is 0. The molecule has 0 radical (unpaired) electrons. The molecule has 0 N–H and O–H groups in total. The Hall–Kier alpha value is -3.33. The highest BCUT2D eigenvalue weighted by Gasteiger charge is 2.21. The van der Waals surface area contributed by atoms with Crippen molar-refractivity contribution in [3.63, 3.8) is 0 Å². The minimum absolute atomic E-state index is 0.0393. The van der Waals surface area contributed by atoms with Gasteiger partial charge in [0.05, 0.1) is 27.7 Å². The molecule has 2 unspecified atom stereocenters. The van der Waals surface area contributed by atoms with Crippen LogP contribution in [-0.2, 0) is 32.7 Å². The molecule has 0 aromatic rings. The van der Waals surface area contributed by atoms with Crippen molar-refractivity contribution < 1.29 is 42.1 Å². The Morgan fingerprint density at radius 2 is 0.781 bits per heavy atom. The number of allylic oxidation sites excluding steroid dienone is 18. The molecule has 0 aliphatic heterocycles. The average molecular weight is 1040 g/mol. The number of ether oxygens (including phenoxy) is 2. The number of nitrogens with zero attached hydrogens (tertiary/aromatic N) is 1. The second kappa shape index (κ2) is 53.5. The number of carbonyl (C=O) groups is 2. The summed E-state index contributed by atoms with van der Waals surface area (Å²) < 4.78 is 34.1. The SMILES string of the molecule is CC/C=C\C/C=C\C/C=C\C/C=C\C/C=C\C/C=C\C/C=C\C/C=C\C/C=C\CCCCCCCC(=O)OC(COC(=O)CCCCCCCCCCCCCCCCCC)COP(=O)([O-])OCC[N+](C)(C)C. The fourth-order valence-corrected chi connectivity index (χ4v) is 8.32. The molecule has 0 aliphatic carbocycles. The molecule has 0 aliphatic rings. The van der Waals surface area contributed by atoms with Crippen molar-refractivity contribution in [1.82, 2.24) is 0 Å². The first kappa shape index (κ1) is 69.7. The summed E-state index contributed by atoms with van der Waals surface area (Å²) in [5.41, 5.74) is 0. The zero-order valence-corrected chi connectivity index (χ0v) is 48.2. The number of carbonyl (C=O) groups excluding carboxylic acids is 2. The number of phosphoric ester groups is 1. The second-order valence-corrected chi connectivity index (χ2v) is 21.7. The van der Waals surface area contributed by atoms with Crippen LogP contribution in [0.3, 0.4) is 0 Å². The highest BCUT2D eigenvalue weighted by atomic mass is 31.2. The first-order chi connectivity index (χ1) is 35.5. The van der Waals surface area contributed by atoms with Crippen molar-refractivity contribution in [2.45, 2.75) is 232 Å². The van der Waals surface area contributed by atoms with Crippen molar-refractivity contribution >= 4 is 19.8 Å². The van der Waals surface area contributed by atoms with Gasteiger partial charge in [0.15, 0.2) is 6.10 Å². The van der Waals surface area contributed by atoms with E-state index < -0.39 is 32.5 Å². The molecule has 0 bridgehead atoms. The van der Waals surface area contributed by atoms with E-state index in [4.69, 9.17) is 18.5 Å². The number of phosphoric acid groups is 1. The van der Waals surface area contributed by atoms with Crippen LogP contribution < -0.4 is 4.89 Å². The molecule has 0 spiro atoms. The van der Waals surface area contributed by atoms with Gasteiger partial charge in [0.1, 0.15) is 19.8 Å². The third-order valence-corrected chi connectivity index (χ3v) is 13.0. The Morgan fingerprint density at radius 3 is 1.16 bits per heavy atom. The summed E-state index contributed by atoms with van der Waals surface area (Å²) in [6.07, 6.45) is 74.2. The Kier molecular flexibility index (Phi) is 51.1. The van der Waals surface area contributed by atoms with Crippen molar-refractivity contribution in [2.75, 3.05) is 47.5 Å². The van der Waals surface area contributed by atoms with Crippen LogP contribution in [-0.4, -0.2) is 70.0 Å². The molecule has 418 valence electrons. The Balaban J connectivity index is 4.23. The fraction of sp³-hybridized carbons (Fsp3) is 0.683. The van der Waals surface area contributed by atoms with Gasteiger partial charge in [0.25, 0.3) is 7.82 Å². The molecule has 2 atom stereocenters. The lowest BCUT2D eigenvalue weighted by atomic mass is 10.0. The van der Waals surface area contributed by atoms with Crippen LogP contribution in [0.15, 0.2) is 109 Å². The number of hydrogen-bond donors (Lipinski definition) is 0. The molecule has 10 heteroatoms. The molecule has 73 heavy (non-hydrogen) atoms. The quantitative estimate of drug-likeness (QED) is 0.0195. The van der Waals surface area contributed by atoms with Gasteiger partial charge in [0.2, 0.25) is 0 Å². The maximum atomic E-state index is 12.8. The molecule has 9 nitrogen and oxygen atoms in total. The van der Waals surface area contributed by atoms with Gasteiger partial charge < -0.3 is 27.9 Å². The predicted molar refractivity (Wildman–Crippen MR) is 309 cm³/mol. The standard InChI is InChI=1S/C63H108NO8P/c1-6-8-10-12-14-16-18-20-22-24-25-26-27-28-29-30-31-32-33-34-35-36-37-38-39-40-42-44-46-48-50-52-54-56-63(66)72-61(60-71-73(67,68)70-58-57-64(3,4)5)59-69-62(65)55-53-51-49-47-45-43-41-23-21-19-17-15-13-11-9-7-2/h8,10,14,16,20,22,25-26,28-29,31-32,34-35,37-38,40,42,61H,6-7,9,11-13,15,17-19,21,23-24,27,30,33,36,39,41,43-60H2,1-5H3/b10-8-,16-14-,22-20-,26-25-,29-28-,32-31-,35-34-,38-37-,42-40-. The van der Waals surface area contributed by atoms with Gasteiger partial charge in [-0.1, -0.05) is 239 Å². The van der Waals surface area contributed by atoms with Crippen molar-refractivity contribution in [2.24, 2.45) is 0 Å². The molecule has 0 saturated carbocycles. The molecule has 0 amide bonds. The number of likely N-dealkylation sites (N-methyl/N-ethyl adjacent to an activating group) is 1. The smallest absolute Gasteiger partial charge is 0.306 e. The normalized spacial score (nSPS) is 14.1. The van der Waals surface area contributed by atoms with E-state index in [0.717, 1.165) is 109 Å². The Bertz CT molecular complexity index is 1600. The van der Waals surface area contributed by atoms with E-state index in [1.54, 1.807) is 0 Å². The molecule has 0 rings (SSSR count). The zero-order chi connectivity index (χ0) is 53.5. The average Bonchev–Trinajstić information content (AvgIpc) is 3.35. The van der Waals surface area contributed by atoms with Gasteiger partial charge in [0, 0.05) is 12.8 Å². The van der Waals surface area contributed by atoms with Crippen molar-refractivity contribution in [3.05, 3.63) is 109 Å². The number of rotatable bonds is 52. The molecular weight excluding hydrogens is 930 g/mol. The summed E-state index contributed by atoms with van der Waals surface area (Å²) in [4.78, 5) is 37.8. The van der Waals surface area contributed by atoms with Crippen LogP contribution >= 0.6 is 7.82 Å². The van der Waals surface area contributed by atoms with Gasteiger partial charge in [-0.25, -0.2) is 0 Å². The largest absolute Gasteiger partial charge is 0.756 e. The monoisotopic (exact) mass is 1040 g/mol.